The van der Waals surface area contributed by atoms with E-state index in [2.05, 4.69) is 114 Å². The second-order valence-corrected chi connectivity index (χ2v) is 15.2. The molecule has 2 aromatic rings. The van der Waals surface area contributed by atoms with E-state index in [0.717, 1.165) is 69.9 Å². The van der Waals surface area contributed by atoms with Crippen molar-refractivity contribution in [3.8, 4) is 0 Å². The van der Waals surface area contributed by atoms with Gasteiger partial charge in [-0.1, -0.05) is 110 Å². The molecule has 234 valence electrons. The average molecular weight is 579 g/mol. The van der Waals surface area contributed by atoms with E-state index in [-0.39, 0.29) is 28.7 Å². The normalized spacial score (nSPS) is 22.2. The van der Waals surface area contributed by atoms with Gasteiger partial charge in [-0.2, -0.15) is 0 Å². The smallest absolute Gasteiger partial charge is 0.109 e. The first-order chi connectivity index (χ1) is 19.7. The fourth-order valence-electron chi connectivity index (χ4n) is 7.16. The zero-order valence-corrected chi connectivity index (χ0v) is 27.7. The Kier molecular flexibility index (Phi) is 10.6. The molecule has 2 aliphatic rings. The summed E-state index contributed by atoms with van der Waals surface area (Å²) in [5, 5.41) is 25.3. The number of piperidine rings is 1. The Hall–Kier alpha value is -1.76. The average Bonchev–Trinajstić information content (AvgIpc) is 2.97. The minimum Gasteiger partial charge on any atom is -0.388 e. The lowest BCUT2D eigenvalue weighted by molar-refractivity contribution is -0.137. The molecular weight excluding hydrogens is 520 g/mol. The highest BCUT2D eigenvalue weighted by Crippen LogP contribution is 2.44. The first kappa shape index (κ1) is 33.1. The summed E-state index contributed by atoms with van der Waals surface area (Å²) in [6, 6.07) is 16.9. The van der Waals surface area contributed by atoms with E-state index >= 15 is 0 Å². The molecule has 2 saturated heterocycles. The van der Waals surface area contributed by atoms with Gasteiger partial charge in [0, 0.05) is 37.5 Å². The molecule has 2 heterocycles. The molecule has 5 nitrogen and oxygen atoms in total. The van der Waals surface area contributed by atoms with Crippen LogP contribution in [0, 0.1) is 11.8 Å². The molecule has 4 rings (SSSR count). The van der Waals surface area contributed by atoms with Gasteiger partial charge in [0.1, 0.15) is 5.60 Å². The number of ether oxygens (including phenoxy) is 1. The Bertz CT molecular complexity index is 1110. The molecule has 0 bridgehead atoms. The van der Waals surface area contributed by atoms with Crippen LogP contribution in [-0.2, 0) is 21.2 Å². The molecule has 5 heteroatoms. The van der Waals surface area contributed by atoms with Crippen molar-refractivity contribution in [2.45, 2.75) is 103 Å². The van der Waals surface area contributed by atoms with Crippen LogP contribution in [0.4, 0.5) is 0 Å². The zero-order valence-electron chi connectivity index (χ0n) is 27.7. The standard InChI is InChI=1S/C37H58N2O3/c1-27(26-38-22-24-42-25-23-38)37(41,32-18-16-31(17-19-32)36(6,7)8)34(39-20-10-9-11-21-39)28(2)33(40)29-12-14-30(15-13-29)35(3,4)5/h12-19,27-28,33-34,40-41H,9-11,20-26H2,1-8H3. The number of nitrogens with zero attached hydrogens (tertiary/aromatic N) is 2. The monoisotopic (exact) mass is 578 g/mol. The van der Waals surface area contributed by atoms with Gasteiger partial charge in [0.05, 0.1) is 19.3 Å². The largest absolute Gasteiger partial charge is 0.388 e. The van der Waals surface area contributed by atoms with Gasteiger partial charge >= 0.3 is 0 Å². The predicted octanol–water partition coefficient (Wildman–Crippen LogP) is 6.66. The maximum Gasteiger partial charge on any atom is 0.109 e. The molecule has 0 aliphatic carbocycles. The summed E-state index contributed by atoms with van der Waals surface area (Å²) in [6.45, 7) is 23.6. The number of rotatable bonds is 9. The van der Waals surface area contributed by atoms with E-state index in [1.807, 2.05) is 0 Å². The quantitative estimate of drug-likeness (QED) is 0.348. The Labute approximate surface area is 256 Å². The van der Waals surface area contributed by atoms with Crippen LogP contribution < -0.4 is 0 Å². The molecular formula is C37H58N2O3. The summed E-state index contributed by atoms with van der Waals surface area (Å²) in [7, 11) is 0. The fourth-order valence-corrected chi connectivity index (χ4v) is 7.16. The Morgan fingerprint density at radius 2 is 1.19 bits per heavy atom. The number of benzene rings is 2. The summed E-state index contributed by atoms with van der Waals surface area (Å²) in [5.41, 5.74) is 3.32. The molecule has 0 spiro atoms. The third-order valence-corrected chi connectivity index (χ3v) is 9.95. The molecule has 0 radical (unpaired) electrons. The highest BCUT2D eigenvalue weighted by Gasteiger charge is 2.50. The van der Waals surface area contributed by atoms with Crippen molar-refractivity contribution >= 4 is 0 Å². The molecule has 5 atom stereocenters. The first-order valence-corrected chi connectivity index (χ1v) is 16.4. The number of morpholine rings is 1. The van der Waals surface area contributed by atoms with E-state index in [9.17, 15) is 10.2 Å². The summed E-state index contributed by atoms with van der Waals surface area (Å²) < 4.78 is 5.64. The topological polar surface area (TPSA) is 56.2 Å². The molecule has 5 unspecified atom stereocenters. The molecule has 0 saturated carbocycles. The van der Waals surface area contributed by atoms with Crippen LogP contribution in [-0.4, -0.2) is 72.0 Å². The maximum atomic E-state index is 13.3. The molecule has 2 fully saturated rings. The molecule has 42 heavy (non-hydrogen) atoms. The van der Waals surface area contributed by atoms with Crippen LogP contribution in [0.1, 0.15) is 103 Å². The van der Waals surface area contributed by atoms with E-state index in [0.29, 0.717) is 0 Å². The van der Waals surface area contributed by atoms with Crippen LogP contribution >= 0.6 is 0 Å². The minimum atomic E-state index is -1.15. The van der Waals surface area contributed by atoms with Gasteiger partial charge in [-0.05, 0) is 59.0 Å². The van der Waals surface area contributed by atoms with E-state index < -0.39 is 11.7 Å². The molecule has 0 amide bonds. The lowest BCUT2D eigenvalue weighted by atomic mass is 9.69. The number of hydrogen-bond acceptors (Lipinski definition) is 5. The van der Waals surface area contributed by atoms with Gasteiger partial charge in [-0.3, -0.25) is 9.80 Å². The summed E-state index contributed by atoms with van der Waals surface area (Å²) in [4.78, 5) is 4.93. The lowest BCUT2D eigenvalue weighted by Gasteiger charge is -2.52. The second-order valence-electron chi connectivity index (χ2n) is 15.2. The van der Waals surface area contributed by atoms with Gasteiger partial charge in [-0.15, -0.1) is 0 Å². The van der Waals surface area contributed by atoms with Crippen molar-refractivity contribution in [1.29, 1.82) is 0 Å². The highest BCUT2D eigenvalue weighted by molar-refractivity contribution is 5.34. The van der Waals surface area contributed by atoms with Crippen molar-refractivity contribution < 1.29 is 14.9 Å². The van der Waals surface area contributed by atoms with Crippen LogP contribution in [0.15, 0.2) is 48.5 Å². The molecule has 0 aromatic heterocycles. The second kappa shape index (κ2) is 13.5. The Balaban J connectivity index is 1.77. The highest BCUT2D eigenvalue weighted by atomic mass is 16.5. The number of aliphatic hydroxyl groups is 2. The summed E-state index contributed by atoms with van der Waals surface area (Å²) in [6.07, 6.45) is 2.77. The van der Waals surface area contributed by atoms with E-state index in [1.165, 1.54) is 17.5 Å². The third kappa shape index (κ3) is 7.47. The van der Waals surface area contributed by atoms with Crippen molar-refractivity contribution in [2.75, 3.05) is 45.9 Å². The summed E-state index contributed by atoms with van der Waals surface area (Å²) in [5.74, 6) is -0.246. The zero-order chi connectivity index (χ0) is 30.7. The van der Waals surface area contributed by atoms with Crippen molar-refractivity contribution in [3.05, 3.63) is 70.8 Å². The maximum absolute atomic E-state index is 13.3. The molecule has 2 aromatic carbocycles. The first-order valence-electron chi connectivity index (χ1n) is 16.4. The summed E-state index contributed by atoms with van der Waals surface area (Å²) >= 11 is 0. The van der Waals surface area contributed by atoms with Gasteiger partial charge in [0.15, 0.2) is 0 Å². The van der Waals surface area contributed by atoms with Gasteiger partial charge in [0.2, 0.25) is 0 Å². The van der Waals surface area contributed by atoms with Gasteiger partial charge in [-0.25, -0.2) is 0 Å². The SMILES string of the molecule is CC(C(O)c1ccc(C(C)(C)C)cc1)C(N1CCCCC1)C(O)(c1ccc(C(C)(C)C)cc1)C(C)CN1CCOCC1. The van der Waals surface area contributed by atoms with Crippen molar-refractivity contribution in [1.82, 2.24) is 9.80 Å². The van der Waals surface area contributed by atoms with Crippen LogP contribution in [0.5, 0.6) is 0 Å². The molecule has 2 N–H and O–H groups in total. The third-order valence-electron chi connectivity index (χ3n) is 9.95. The van der Waals surface area contributed by atoms with E-state index in [4.69, 9.17) is 4.74 Å². The number of aliphatic hydroxyl groups excluding tert-OH is 1. The van der Waals surface area contributed by atoms with Crippen LogP contribution in [0.3, 0.4) is 0 Å². The van der Waals surface area contributed by atoms with Gasteiger partial charge < -0.3 is 14.9 Å². The van der Waals surface area contributed by atoms with E-state index in [1.54, 1.807) is 0 Å². The minimum absolute atomic E-state index is 0.0328. The molecule has 2 aliphatic heterocycles. The lowest BCUT2D eigenvalue weighted by Crippen LogP contribution is -2.60. The fraction of sp³-hybridized carbons (Fsp3) is 0.676. The predicted molar refractivity (Wildman–Crippen MR) is 174 cm³/mol. The Morgan fingerprint density at radius 3 is 1.69 bits per heavy atom. The number of likely N-dealkylation sites (tertiary alicyclic amines) is 1. The van der Waals surface area contributed by atoms with Crippen LogP contribution in [0.2, 0.25) is 0 Å². The van der Waals surface area contributed by atoms with Crippen molar-refractivity contribution in [3.63, 3.8) is 0 Å². The van der Waals surface area contributed by atoms with Crippen molar-refractivity contribution in [2.24, 2.45) is 11.8 Å². The Morgan fingerprint density at radius 1 is 0.714 bits per heavy atom. The van der Waals surface area contributed by atoms with Crippen LogP contribution in [0.25, 0.3) is 0 Å². The van der Waals surface area contributed by atoms with Gasteiger partial charge in [0.25, 0.3) is 0 Å². The number of hydrogen-bond donors (Lipinski definition) is 2.